The van der Waals surface area contributed by atoms with Crippen molar-refractivity contribution in [2.24, 2.45) is 7.05 Å². The van der Waals surface area contributed by atoms with Gasteiger partial charge in [0.05, 0.1) is 17.9 Å². The van der Waals surface area contributed by atoms with E-state index in [9.17, 15) is 4.79 Å². The molecule has 1 N–H and O–H groups in total. The minimum absolute atomic E-state index is 0.165. The van der Waals surface area contributed by atoms with Crippen molar-refractivity contribution in [1.82, 2.24) is 29.9 Å². The number of carbonyl (C=O) groups excluding carboxylic acids is 1. The van der Waals surface area contributed by atoms with Crippen LogP contribution in [0.2, 0.25) is 0 Å². The third-order valence-electron chi connectivity index (χ3n) is 5.38. The standard InChI is InChI=1S/C22H21N7O/c1-28-6-5-14-7-15(3-4-16(14)12-28)22(30)25-21-9-17-8-18(10-23-19(17)11-24-21)20-13-29(2)27-26-20/h3-4,7-11,13H,5-6,12H2,1-2H3,(H,24,25,30). The van der Waals surface area contributed by atoms with Gasteiger partial charge in [0.25, 0.3) is 5.91 Å². The molecule has 1 aliphatic rings. The molecule has 0 bridgehead atoms. The number of carbonyl (C=O) groups is 1. The number of aryl methyl sites for hydroxylation is 1. The van der Waals surface area contributed by atoms with Crippen molar-refractivity contribution in [3.8, 4) is 11.3 Å². The van der Waals surface area contributed by atoms with Gasteiger partial charge in [-0.3, -0.25) is 14.5 Å². The normalized spacial score (nSPS) is 13.9. The van der Waals surface area contributed by atoms with E-state index in [4.69, 9.17) is 0 Å². The topological polar surface area (TPSA) is 88.8 Å². The molecule has 0 saturated heterocycles. The van der Waals surface area contributed by atoms with E-state index in [0.717, 1.165) is 41.7 Å². The molecular formula is C22H21N7O. The lowest BCUT2D eigenvalue weighted by molar-refractivity contribution is 0.102. The number of hydrogen-bond donors (Lipinski definition) is 1. The second-order valence-electron chi connectivity index (χ2n) is 7.69. The number of benzene rings is 1. The Balaban J connectivity index is 1.40. The van der Waals surface area contributed by atoms with E-state index in [1.54, 1.807) is 17.1 Å². The highest BCUT2D eigenvalue weighted by molar-refractivity contribution is 6.04. The van der Waals surface area contributed by atoms with Gasteiger partial charge in [-0.1, -0.05) is 11.3 Å². The molecule has 0 radical (unpaired) electrons. The molecule has 0 aliphatic carbocycles. The minimum Gasteiger partial charge on any atom is -0.307 e. The lowest BCUT2D eigenvalue weighted by Gasteiger charge is -2.25. The highest BCUT2D eigenvalue weighted by atomic mass is 16.1. The molecule has 0 saturated carbocycles. The summed E-state index contributed by atoms with van der Waals surface area (Å²) in [5, 5.41) is 11.9. The molecule has 30 heavy (non-hydrogen) atoms. The number of fused-ring (bicyclic) bond motifs is 2. The van der Waals surface area contributed by atoms with E-state index in [1.165, 1.54) is 11.1 Å². The highest BCUT2D eigenvalue weighted by Crippen LogP contribution is 2.23. The number of likely N-dealkylation sites (N-methyl/N-ethyl adjacent to an activating group) is 1. The molecule has 1 aliphatic heterocycles. The van der Waals surface area contributed by atoms with E-state index >= 15 is 0 Å². The van der Waals surface area contributed by atoms with Gasteiger partial charge in [0.1, 0.15) is 11.5 Å². The lowest BCUT2D eigenvalue weighted by atomic mass is 9.97. The molecule has 0 spiro atoms. The summed E-state index contributed by atoms with van der Waals surface area (Å²) in [4.78, 5) is 23.9. The van der Waals surface area contributed by atoms with Crippen LogP contribution < -0.4 is 5.32 Å². The Hall–Kier alpha value is -3.65. The van der Waals surface area contributed by atoms with Gasteiger partial charge < -0.3 is 10.2 Å². The zero-order chi connectivity index (χ0) is 20.7. The van der Waals surface area contributed by atoms with Gasteiger partial charge in [-0.05, 0) is 48.9 Å². The van der Waals surface area contributed by atoms with Crippen LogP contribution in [0.4, 0.5) is 5.82 Å². The maximum atomic E-state index is 12.8. The largest absolute Gasteiger partial charge is 0.307 e. The Labute approximate surface area is 173 Å². The molecule has 150 valence electrons. The quantitative estimate of drug-likeness (QED) is 0.570. The fraction of sp³-hybridized carbons (Fsp3) is 0.227. The van der Waals surface area contributed by atoms with Crippen molar-refractivity contribution in [2.75, 3.05) is 18.9 Å². The van der Waals surface area contributed by atoms with Gasteiger partial charge in [0.2, 0.25) is 0 Å². The number of anilines is 1. The maximum Gasteiger partial charge on any atom is 0.256 e. The molecule has 8 nitrogen and oxygen atoms in total. The van der Waals surface area contributed by atoms with Crippen LogP contribution in [0.1, 0.15) is 21.5 Å². The molecule has 0 atom stereocenters. The van der Waals surface area contributed by atoms with Crippen LogP contribution in [0.3, 0.4) is 0 Å². The van der Waals surface area contributed by atoms with Crippen LogP contribution in [0.5, 0.6) is 0 Å². The molecule has 3 aromatic heterocycles. The maximum absolute atomic E-state index is 12.8. The Morgan fingerprint density at radius 3 is 2.80 bits per heavy atom. The number of rotatable bonds is 3. The molecule has 4 aromatic rings. The van der Waals surface area contributed by atoms with Crippen LogP contribution in [0.25, 0.3) is 22.2 Å². The smallest absolute Gasteiger partial charge is 0.256 e. The van der Waals surface area contributed by atoms with Gasteiger partial charge in [-0.2, -0.15) is 0 Å². The summed E-state index contributed by atoms with van der Waals surface area (Å²) in [7, 11) is 3.93. The first-order chi connectivity index (χ1) is 14.5. The number of nitrogens with zero attached hydrogens (tertiary/aromatic N) is 6. The monoisotopic (exact) mass is 399 g/mol. The first kappa shape index (κ1) is 18.4. The predicted molar refractivity (Wildman–Crippen MR) is 114 cm³/mol. The summed E-state index contributed by atoms with van der Waals surface area (Å²) < 4.78 is 1.65. The second-order valence-corrected chi connectivity index (χ2v) is 7.69. The first-order valence-electron chi connectivity index (χ1n) is 9.79. The number of aromatic nitrogens is 5. The molecule has 0 unspecified atom stereocenters. The van der Waals surface area contributed by atoms with Crippen molar-refractivity contribution in [1.29, 1.82) is 0 Å². The second kappa shape index (κ2) is 7.31. The third kappa shape index (κ3) is 3.53. The van der Waals surface area contributed by atoms with E-state index in [2.05, 4.69) is 37.5 Å². The Bertz CT molecular complexity index is 1260. The summed E-state index contributed by atoms with van der Waals surface area (Å²) in [6, 6.07) is 9.71. The minimum atomic E-state index is -0.165. The Morgan fingerprint density at radius 2 is 1.97 bits per heavy atom. The van der Waals surface area contributed by atoms with Crippen molar-refractivity contribution >= 4 is 22.6 Å². The molecule has 4 heterocycles. The van der Waals surface area contributed by atoms with Crippen LogP contribution in [0, 0.1) is 0 Å². The van der Waals surface area contributed by atoms with Crippen LogP contribution >= 0.6 is 0 Å². The van der Waals surface area contributed by atoms with Crippen molar-refractivity contribution < 1.29 is 4.79 Å². The van der Waals surface area contributed by atoms with E-state index < -0.39 is 0 Å². The average Bonchev–Trinajstić information content (AvgIpc) is 3.19. The van der Waals surface area contributed by atoms with Crippen LogP contribution in [0.15, 0.2) is 48.9 Å². The zero-order valence-electron chi connectivity index (χ0n) is 16.8. The summed E-state index contributed by atoms with van der Waals surface area (Å²) in [5.74, 6) is 0.324. The summed E-state index contributed by atoms with van der Waals surface area (Å²) in [6.07, 6.45) is 6.20. The van der Waals surface area contributed by atoms with Crippen LogP contribution in [-0.4, -0.2) is 49.4 Å². The van der Waals surface area contributed by atoms with Gasteiger partial charge in [0.15, 0.2) is 0 Å². The van der Waals surface area contributed by atoms with Crippen LogP contribution in [-0.2, 0) is 20.0 Å². The molecule has 5 rings (SSSR count). The Kier molecular flexibility index (Phi) is 4.48. The third-order valence-corrected chi connectivity index (χ3v) is 5.38. The summed E-state index contributed by atoms with van der Waals surface area (Å²) >= 11 is 0. The number of amides is 1. The molecule has 1 aromatic carbocycles. The predicted octanol–water partition coefficient (Wildman–Crippen LogP) is 2.67. The summed E-state index contributed by atoms with van der Waals surface area (Å²) in [5.41, 5.74) is 5.52. The molecule has 0 fully saturated rings. The van der Waals surface area contributed by atoms with E-state index in [-0.39, 0.29) is 5.91 Å². The van der Waals surface area contributed by atoms with Gasteiger partial charge in [-0.15, -0.1) is 5.10 Å². The number of hydrogen-bond acceptors (Lipinski definition) is 6. The number of nitrogens with one attached hydrogen (secondary N) is 1. The van der Waals surface area contributed by atoms with Gasteiger partial charge in [-0.25, -0.2) is 4.98 Å². The molecular weight excluding hydrogens is 378 g/mol. The van der Waals surface area contributed by atoms with Gasteiger partial charge in [0, 0.05) is 42.8 Å². The van der Waals surface area contributed by atoms with Crippen molar-refractivity contribution in [2.45, 2.75) is 13.0 Å². The fourth-order valence-corrected chi connectivity index (χ4v) is 3.74. The number of pyridine rings is 2. The average molecular weight is 399 g/mol. The lowest BCUT2D eigenvalue weighted by Crippen LogP contribution is -2.27. The van der Waals surface area contributed by atoms with E-state index in [1.807, 2.05) is 43.6 Å². The van der Waals surface area contributed by atoms with E-state index in [0.29, 0.717) is 11.4 Å². The fourth-order valence-electron chi connectivity index (χ4n) is 3.74. The van der Waals surface area contributed by atoms with Crippen molar-refractivity contribution in [3.05, 3.63) is 65.6 Å². The molecule has 1 amide bonds. The first-order valence-corrected chi connectivity index (χ1v) is 9.79. The molecule has 8 heteroatoms. The van der Waals surface area contributed by atoms with Crippen molar-refractivity contribution in [3.63, 3.8) is 0 Å². The SMILES string of the molecule is CN1CCc2cc(C(=O)Nc3cc4cc(-c5cn(C)nn5)cnc4cn3)ccc2C1. The summed E-state index contributed by atoms with van der Waals surface area (Å²) in [6.45, 7) is 1.93. The Morgan fingerprint density at radius 1 is 1.07 bits per heavy atom. The zero-order valence-corrected chi connectivity index (χ0v) is 16.8. The van der Waals surface area contributed by atoms with Gasteiger partial charge >= 0.3 is 0 Å². The highest BCUT2D eigenvalue weighted by Gasteiger charge is 2.16.